The van der Waals surface area contributed by atoms with Gasteiger partial charge in [0.05, 0.1) is 0 Å². The van der Waals surface area contributed by atoms with E-state index in [1.54, 1.807) is 42.5 Å². The van der Waals surface area contributed by atoms with Crippen LogP contribution in [0.2, 0.25) is 0 Å². The number of nitrogens with one attached hydrogen (secondary N) is 1. The van der Waals surface area contributed by atoms with Crippen molar-refractivity contribution >= 4 is 5.91 Å². The van der Waals surface area contributed by atoms with Gasteiger partial charge in [0.1, 0.15) is 5.75 Å². The predicted molar refractivity (Wildman–Crippen MR) is 125 cm³/mol. The van der Waals surface area contributed by atoms with Gasteiger partial charge in [0, 0.05) is 18.2 Å². The highest BCUT2D eigenvalue weighted by Gasteiger charge is 2.25. The Kier molecular flexibility index (Phi) is 8.13. The van der Waals surface area contributed by atoms with E-state index >= 15 is 0 Å². The van der Waals surface area contributed by atoms with Crippen LogP contribution in [0.15, 0.2) is 48.5 Å². The van der Waals surface area contributed by atoms with Crippen LogP contribution in [0.4, 0.5) is 4.39 Å². The molecule has 4 rings (SSSR count). The van der Waals surface area contributed by atoms with E-state index in [0.717, 1.165) is 19.0 Å². The molecule has 2 aromatic rings. The van der Waals surface area contributed by atoms with E-state index in [-0.39, 0.29) is 11.7 Å². The predicted octanol–water partition coefficient (Wildman–Crippen LogP) is 4.69. The van der Waals surface area contributed by atoms with Gasteiger partial charge in [-0.05, 0) is 101 Å². The number of likely N-dealkylation sites (tertiary alicyclic amines) is 2. The molecule has 0 saturated carbocycles. The SMILES string of the molecule is O=C(NCCCN1CCC(N2CCCCC2)CC1)c1ccc(Oc2ccccc2F)cc1. The van der Waals surface area contributed by atoms with Crippen LogP contribution < -0.4 is 10.1 Å². The molecule has 32 heavy (non-hydrogen) atoms. The first-order valence-corrected chi connectivity index (χ1v) is 12.0. The maximum atomic E-state index is 13.7. The average molecular weight is 440 g/mol. The maximum Gasteiger partial charge on any atom is 0.251 e. The van der Waals surface area contributed by atoms with Gasteiger partial charge in [0.15, 0.2) is 11.6 Å². The molecule has 0 radical (unpaired) electrons. The Labute approximate surface area is 190 Å². The number of carbonyl (C=O) groups is 1. The fourth-order valence-electron chi connectivity index (χ4n) is 4.73. The Hall–Kier alpha value is -2.44. The van der Waals surface area contributed by atoms with Crippen LogP contribution >= 0.6 is 0 Å². The summed E-state index contributed by atoms with van der Waals surface area (Å²) in [5.41, 5.74) is 0.577. The van der Waals surface area contributed by atoms with Crippen LogP contribution in [0.3, 0.4) is 0 Å². The summed E-state index contributed by atoms with van der Waals surface area (Å²) >= 11 is 0. The number of hydrogen-bond donors (Lipinski definition) is 1. The molecule has 0 aliphatic carbocycles. The zero-order chi connectivity index (χ0) is 22.2. The van der Waals surface area contributed by atoms with Crippen molar-refractivity contribution in [2.75, 3.05) is 39.3 Å². The topological polar surface area (TPSA) is 44.8 Å². The molecular formula is C26H34FN3O2. The Morgan fingerprint density at radius 2 is 1.69 bits per heavy atom. The Balaban J connectivity index is 1.14. The van der Waals surface area contributed by atoms with E-state index < -0.39 is 5.82 Å². The van der Waals surface area contributed by atoms with E-state index in [1.165, 1.54) is 64.3 Å². The van der Waals surface area contributed by atoms with E-state index in [9.17, 15) is 9.18 Å². The third-order valence-electron chi connectivity index (χ3n) is 6.58. The monoisotopic (exact) mass is 439 g/mol. The summed E-state index contributed by atoms with van der Waals surface area (Å²) in [5, 5.41) is 3.00. The zero-order valence-electron chi connectivity index (χ0n) is 18.8. The van der Waals surface area contributed by atoms with Crippen molar-refractivity contribution in [3.63, 3.8) is 0 Å². The first-order valence-electron chi connectivity index (χ1n) is 12.0. The van der Waals surface area contributed by atoms with E-state index in [1.807, 2.05) is 0 Å². The number of benzene rings is 2. The molecule has 2 aliphatic heterocycles. The summed E-state index contributed by atoms with van der Waals surface area (Å²) in [6.07, 6.45) is 7.62. The van der Waals surface area contributed by atoms with Crippen molar-refractivity contribution in [2.45, 2.75) is 44.6 Å². The lowest BCUT2D eigenvalue weighted by Gasteiger charge is -2.40. The summed E-state index contributed by atoms with van der Waals surface area (Å²) in [4.78, 5) is 17.6. The van der Waals surface area contributed by atoms with Crippen LogP contribution in [0.1, 0.15) is 48.9 Å². The molecule has 2 aliphatic rings. The number of ether oxygens (including phenoxy) is 1. The number of para-hydroxylation sites is 1. The number of carbonyl (C=O) groups excluding carboxylic acids is 1. The number of piperidine rings is 2. The molecule has 0 aromatic heterocycles. The quantitative estimate of drug-likeness (QED) is 0.606. The van der Waals surface area contributed by atoms with Gasteiger partial charge in [0.25, 0.3) is 5.91 Å². The molecule has 5 nitrogen and oxygen atoms in total. The molecule has 172 valence electrons. The highest BCUT2D eigenvalue weighted by atomic mass is 19.1. The largest absolute Gasteiger partial charge is 0.454 e. The molecular weight excluding hydrogens is 405 g/mol. The fraction of sp³-hybridized carbons (Fsp3) is 0.500. The molecule has 1 N–H and O–H groups in total. The van der Waals surface area contributed by atoms with E-state index in [0.29, 0.717) is 17.9 Å². The summed E-state index contributed by atoms with van der Waals surface area (Å²) in [6.45, 7) is 6.60. The van der Waals surface area contributed by atoms with Crippen LogP contribution in [-0.2, 0) is 0 Å². The van der Waals surface area contributed by atoms with Gasteiger partial charge in [-0.1, -0.05) is 18.6 Å². The van der Waals surface area contributed by atoms with Gasteiger partial charge >= 0.3 is 0 Å². The third kappa shape index (κ3) is 6.30. The van der Waals surface area contributed by atoms with E-state index in [2.05, 4.69) is 15.1 Å². The molecule has 0 bridgehead atoms. The summed E-state index contributed by atoms with van der Waals surface area (Å²) < 4.78 is 19.2. The Bertz CT molecular complexity index is 860. The van der Waals surface area contributed by atoms with Crippen molar-refractivity contribution in [3.05, 3.63) is 59.9 Å². The Morgan fingerprint density at radius 3 is 2.41 bits per heavy atom. The van der Waals surface area contributed by atoms with Crippen molar-refractivity contribution in [2.24, 2.45) is 0 Å². The first kappa shape index (κ1) is 22.7. The minimum atomic E-state index is -0.412. The number of rotatable bonds is 8. The summed E-state index contributed by atoms with van der Waals surface area (Å²) in [7, 11) is 0. The average Bonchev–Trinajstić information content (AvgIpc) is 2.84. The summed E-state index contributed by atoms with van der Waals surface area (Å²) in [5.74, 6) is 0.167. The lowest BCUT2D eigenvalue weighted by Crippen LogP contribution is -2.47. The van der Waals surface area contributed by atoms with E-state index in [4.69, 9.17) is 4.74 Å². The van der Waals surface area contributed by atoms with Crippen molar-refractivity contribution in [1.29, 1.82) is 0 Å². The second-order valence-electron chi connectivity index (χ2n) is 8.84. The third-order valence-corrected chi connectivity index (χ3v) is 6.58. The number of amides is 1. The maximum absolute atomic E-state index is 13.7. The smallest absolute Gasteiger partial charge is 0.251 e. The molecule has 1 amide bonds. The van der Waals surface area contributed by atoms with Gasteiger partial charge in [-0.15, -0.1) is 0 Å². The number of hydrogen-bond acceptors (Lipinski definition) is 4. The van der Waals surface area contributed by atoms with Crippen molar-refractivity contribution in [3.8, 4) is 11.5 Å². The Morgan fingerprint density at radius 1 is 0.969 bits per heavy atom. The highest BCUT2D eigenvalue weighted by molar-refractivity contribution is 5.94. The first-order chi connectivity index (χ1) is 15.7. The van der Waals surface area contributed by atoms with Crippen LogP contribution in [0, 0.1) is 5.82 Å². The van der Waals surface area contributed by atoms with Crippen molar-refractivity contribution < 1.29 is 13.9 Å². The minimum Gasteiger partial charge on any atom is -0.454 e. The van der Waals surface area contributed by atoms with Crippen LogP contribution in [0.5, 0.6) is 11.5 Å². The van der Waals surface area contributed by atoms with Gasteiger partial charge in [0.2, 0.25) is 0 Å². The number of nitrogens with zero attached hydrogens (tertiary/aromatic N) is 2. The second-order valence-corrected chi connectivity index (χ2v) is 8.84. The zero-order valence-corrected chi connectivity index (χ0v) is 18.8. The fourth-order valence-corrected chi connectivity index (χ4v) is 4.73. The highest BCUT2D eigenvalue weighted by Crippen LogP contribution is 2.24. The molecule has 2 heterocycles. The molecule has 2 fully saturated rings. The lowest BCUT2D eigenvalue weighted by atomic mass is 10.00. The normalized spacial score (nSPS) is 18.4. The summed E-state index contributed by atoms with van der Waals surface area (Å²) in [6, 6.07) is 13.8. The molecule has 6 heteroatoms. The molecule has 0 spiro atoms. The van der Waals surface area contributed by atoms with Gasteiger partial charge in [-0.2, -0.15) is 0 Å². The molecule has 0 atom stereocenters. The van der Waals surface area contributed by atoms with Crippen LogP contribution in [0.25, 0.3) is 0 Å². The second kappa shape index (κ2) is 11.4. The van der Waals surface area contributed by atoms with Gasteiger partial charge in [-0.3, -0.25) is 4.79 Å². The lowest BCUT2D eigenvalue weighted by molar-refractivity contribution is 0.0903. The molecule has 0 unspecified atom stereocenters. The molecule has 2 saturated heterocycles. The minimum absolute atomic E-state index is 0.0914. The molecule has 2 aromatic carbocycles. The van der Waals surface area contributed by atoms with Gasteiger partial charge in [-0.25, -0.2) is 4.39 Å². The number of halogens is 1. The standard InChI is InChI=1S/C26H34FN3O2/c27-24-7-2-3-8-25(24)32-23-11-9-21(10-12-23)26(31)28-15-6-16-29-19-13-22(14-20-29)30-17-4-1-5-18-30/h2-3,7-12,22H,1,4-6,13-20H2,(H,28,31). The van der Waals surface area contributed by atoms with Gasteiger partial charge < -0.3 is 19.9 Å². The van der Waals surface area contributed by atoms with Crippen LogP contribution in [-0.4, -0.2) is 61.0 Å². The van der Waals surface area contributed by atoms with Crippen molar-refractivity contribution in [1.82, 2.24) is 15.1 Å².